The number of hydrogen-bond donors (Lipinski definition) is 2. The molecule has 3 N–H and O–H groups in total. The molecule has 0 aromatic carbocycles. The molecule has 0 aliphatic heterocycles. The van der Waals surface area contributed by atoms with Gasteiger partial charge in [0.15, 0.2) is 0 Å². The third kappa shape index (κ3) is 1.13. The minimum atomic E-state index is 0. The SMILES string of the molecule is Cc1n[nH]cc1N.Cl. The van der Waals surface area contributed by atoms with E-state index < -0.39 is 0 Å². The van der Waals surface area contributed by atoms with Gasteiger partial charge in [0.2, 0.25) is 0 Å². The van der Waals surface area contributed by atoms with E-state index in [0.29, 0.717) is 0 Å². The third-order valence-electron chi connectivity index (χ3n) is 0.870. The first kappa shape index (κ1) is 7.30. The van der Waals surface area contributed by atoms with Gasteiger partial charge in [0.05, 0.1) is 11.4 Å². The quantitative estimate of drug-likeness (QED) is 0.548. The summed E-state index contributed by atoms with van der Waals surface area (Å²) >= 11 is 0. The number of H-pyrrole nitrogens is 1. The average Bonchev–Trinajstić information content (AvgIpc) is 1.91. The van der Waals surface area contributed by atoms with Gasteiger partial charge < -0.3 is 5.73 Å². The van der Waals surface area contributed by atoms with Crippen molar-refractivity contribution in [3.05, 3.63) is 11.9 Å². The zero-order valence-electron chi connectivity index (χ0n) is 4.51. The fraction of sp³-hybridized carbons (Fsp3) is 0.250. The van der Waals surface area contributed by atoms with E-state index in [2.05, 4.69) is 10.2 Å². The lowest BCUT2D eigenvalue weighted by molar-refractivity contribution is 1.05. The summed E-state index contributed by atoms with van der Waals surface area (Å²) in [5, 5.41) is 6.39. The molecule has 0 saturated heterocycles. The highest BCUT2D eigenvalue weighted by Gasteiger charge is 1.88. The average molecular weight is 134 g/mol. The van der Waals surface area contributed by atoms with Gasteiger partial charge >= 0.3 is 0 Å². The van der Waals surface area contributed by atoms with E-state index in [1.54, 1.807) is 6.20 Å². The van der Waals surface area contributed by atoms with Crippen LogP contribution in [0.5, 0.6) is 0 Å². The van der Waals surface area contributed by atoms with E-state index in [4.69, 9.17) is 5.73 Å². The van der Waals surface area contributed by atoms with Gasteiger partial charge in [0, 0.05) is 6.20 Å². The van der Waals surface area contributed by atoms with Crippen molar-refractivity contribution in [1.82, 2.24) is 10.2 Å². The zero-order chi connectivity index (χ0) is 5.28. The Hall–Kier alpha value is -0.700. The van der Waals surface area contributed by atoms with Crippen LogP contribution in [0.25, 0.3) is 0 Å². The lowest BCUT2D eigenvalue weighted by atomic mass is 10.4. The standard InChI is InChI=1S/C4H7N3.ClH/c1-3-4(5)2-6-7-3;/h2H,5H2,1H3,(H,6,7);1H. The largest absolute Gasteiger partial charge is 0.396 e. The first-order chi connectivity index (χ1) is 3.30. The summed E-state index contributed by atoms with van der Waals surface area (Å²) in [4.78, 5) is 0. The smallest absolute Gasteiger partial charge is 0.0820 e. The predicted molar refractivity (Wildman–Crippen MR) is 35.0 cm³/mol. The molecular formula is C4H8ClN3. The Morgan fingerprint density at radius 3 is 2.50 bits per heavy atom. The van der Waals surface area contributed by atoms with E-state index in [1.165, 1.54) is 0 Å². The van der Waals surface area contributed by atoms with Crippen LogP contribution in [0.3, 0.4) is 0 Å². The number of anilines is 1. The fourth-order valence-corrected chi connectivity index (χ4v) is 0.368. The summed E-state index contributed by atoms with van der Waals surface area (Å²) in [6.45, 7) is 1.85. The summed E-state index contributed by atoms with van der Waals surface area (Å²) in [7, 11) is 0. The van der Waals surface area contributed by atoms with Crippen molar-refractivity contribution in [1.29, 1.82) is 0 Å². The third-order valence-corrected chi connectivity index (χ3v) is 0.870. The molecular weight excluding hydrogens is 126 g/mol. The molecule has 0 amide bonds. The molecule has 4 heteroatoms. The maximum Gasteiger partial charge on any atom is 0.0820 e. The normalized spacial score (nSPS) is 8.12. The van der Waals surface area contributed by atoms with E-state index in [-0.39, 0.29) is 12.4 Å². The number of nitrogens with zero attached hydrogens (tertiary/aromatic N) is 1. The van der Waals surface area contributed by atoms with Crippen molar-refractivity contribution in [2.75, 3.05) is 5.73 Å². The van der Waals surface area contributed by atoms with Crippen LogP contribution in [0.15, 0.2) is 6.20 Å². The highest BCUT2D eigenvalue weighted by molar-refractivity contribution is 5.85. The molecule has 0 spiro atoms. The Morgan fingerprint density at radius 2 is 2.38 bits per heavy atom. The van der Waals surface area contributed by atoms with Crippen LogP contribution in [-0.2, 0) is 0 Å². The second kappa shape index (κ2) is 2.57. The van der Waals surface area contributed by atoms with Crippen molar-refractivity contribution in [3.8, 4) is 0 Å². The van der Waals surface area contributed by atoms with Crippen molar-refractivity contribution < 1.29 is 0 Å². The molecule has 0 atom stereocenters. The Kier molecular flexibility index (Phi) is 2.34. The summed E-state index contributed by atoms with van der Waals surface area (Å²) in [6.07, 6.45) is 1.66. The van der Waals surface area contributed by atoms with Gasteiger partial charge in [-0.1, -0.05) is 0 Å². The molecule has 0 bridgehead atoms. The summed E-state index contributed by atoms with van der Waals surface area (Å²) < 4.78 is 0. The zero-order valence-corrected chi connectivity index (χ0v) is 5.33. The minimum absolute atomic E-state index is 0. The van der Waals surface area contributed by atoms with Gasteiger partial charge in [-0.15, -0.1) is 12.4 Å². The van der Waals surface area contributed by atoms with Crippen LogP contribution < -0.4 is 5.73 Å². The summed E-state index contributed by atoms with van der Waals surface area (Å²) in [5.74, 6) is 0. The topological polar surface area (TPSA) is 54.7 Å². The molecule has 0 saturated carbocycles. The molecule has 1 heterocycles. The number of aromatic nitrogens is 2. The van der Waals surface area contributed by atoms with E-state index in [1.807, 2.05) is 6.92 Å². The second-order valence-corrected chi connectivity index (χ2v) is 1.43. The van der Waals surface area contributed by atoms with Crippen LogP contribution in [-0.4, -0.2) is 10.2 Å². The number of nitrogen functional groups attached to an aromatic ring is 1. The Bertz CT molecular complexity index is 144. The lowest BCUT2D eigenvalue weighted by Gasteiger charge is -1.78. The lowest BCUT2D eigenvalue weighted by Crippen LogP contribution is -1.82. The van der Waals surface area contributed by atoms with E-state index in [9.17, 15) is 0 Å². The first-order valence-electron chi connectivity index (χ1n) is 2.06. The first-order valence-corrected chi connectivity index (χ1v) is 2.06. The number of aryl methyl sites for hydroxylation is 1. The molecule has 0 fully saturated rings. The van der Waals surface area contributed by atoms with Crippen LogP contribution in [0.4, 0.5) is 5.69 Å². The molecule has 0 aliphatic carbocycles. The van der Waals surface area contributed by atoms with Gasteiger partial charge in [-0.3, -0.25) is 5.10 Å². The van der Waals surface area contributed by atoms with Gasteiger partial charge in [-0.2, -0.15) is 5.10 Å². The molecule has 3 nitrogen and oxygen atoms in total. The molecule has 0 aliphatic rings. The van der Waals surface area contributed by atoms with Gasteiger partial charge in [-0.05, 0) is 6.92 Å². The van der Waals surface area contributed by atoms with Crippen molar-refractivity contribution >= 4 is 18.1 Å². The maximum atomic E-state index is 5.35. The van der Waals surface area contributed by atoms with Gasteiger partial charge in [0.1, 0.15) is 0 Å². The molecule has 0 radical (unpaired) electrons. The fourth-order valence-electron chi connectivity index (χ4n) is 0.368. The van der Waals surface area contributed by atoms with E-state index in [0.717, 1.165) is 11.4 Å². The number of halogens is 1. The maximum absolute atomic E-state index is 5.35. The highest BCUT2D eigenvalue weighted by Crippen LogP contribution is 2.00. The Morgan fingerprint density at radius 1 is 1.75 bits per heavy atom. The molecule has 0 unspecified atom stereocenters. The van der Waals surface area contributed by atoms with Crippen LogP contribution in [0.2, 0.25) is 0 Å². The number of rotatable bonds is 0. The second-order valence-electron chi connectivity index (χ2n) is 1.43. The van der Waals surface area contributed by atoms with Crippen LogP contribution in [0, 0.1) is 6.92 Å². The Balaban J connectivity index is 0.000000490. The van der Waals surface area contributed by atoms with Gasteiger partial charge in [-0.25, -0.2) is 0 Å². The molecule has 1 aromatic rings. The number of nitrogens with one attached hydrogen (secondary N) is 1. The highest BCUT2D eigenvalue weighted by atomic mass is 35.5. The number of aromatic amines is 1. The molecule has 8 heavy (non-hydrogen) atoms. The number of nitrogens with two attached hydrogens (primary N) is 1. The van der Waals surface area contributed by atoms with Crippen molar-refractivity contribution in [2.45, 2.75) is 6.92 Å². The van der Waals surface area contributed by atoms with Crippen LogP contribution in [0.1, 0.15) is 5.69 Å². The van der Waals surface area contributed by atoms with Gasteiger partial charge in [0.25, 0.3) is 0 Å². The summed E-state index contributed by atoms with van der Waals surface area (Å²) in [6, 6.07) is 0. The Labute approximate surface area is 53.7 Å². The minimum Gasteiger partial charge on any atom is -0.396 e. The van der Waals surface area contributed by atoms with Crippen molar-refractivity contribution in [3.63, 3.8) is 0 Å². The number of hydrogen-bond acceptors (Lipinski definition) is 2. The van der Waals surface area contributed by atoms with E-state index >= 15 is 0 Å². The predicted octanol–water partition coefficient (Wildman–Crippen LogP) is 0.722. The summed E-state index contributed by atoms with van der Waals surface area (Å²) in [5.41, 5.74) is 6.93. The van der Waals surface area contributed by atoms with Crippen molar-refractivity contribution in [2.24, 2.45) is 0 Å². The molecule has 46 valence electrons. The van der Waals surface area contributed by atoms with Crippen LogP contribution >= 0.6 is 12.4 Å². The molecule has 1 rings (SSSR count). The molecule has 1 aromatic heterocycles. The monoisotopic (exact) mass is 133 g/mol.